The number of hydrogen-bond donors (Lipinski definition) is 3. The van der Waals surface area contributed by atoms with Gasteiger partial charge in [-0.3, -0.25) is 13.9 Å². The molecular formula is C22H28N6O4. The fourth-order valence-electron chi connectivity index (χ4n) is 3.85. The second-order valence-electron chi connectivity index (χ2n) is 8.01. The van der Waals surface area contributed by atoms with Gasteiger partial charge in [-0.2, -0.15) is 0 Å². The topological polar surface area (TPSA) is 119 Å². The van der Waals surface area contributed by atoms with Gasteiger partial charge in [-0.05, 0) is 38.1 Å². The zero-order chi connectivity index (χ0) is 22.8. The van der Waals surface area contributed by atoms with Crippen LogP contribution < -0.4 is 21.3 Å². The van der Waals surface area contributed by atoms with Gasteiger partial charge in [0.15, 0.2) is 11.2 Å². The molecule has 10 heteroatoms. The molecule has 1 atom stereocenters. The molecule has 0 bridgehead atoms. The van der Waals surface area contributed by atoms with Crippen molar-refractivity contribution in [1.82, 2.24) is 29.0 Å². The standard InChI is InChI=1S/C22H28N6O4/c1-14-10-16-17(25-14)6-4-7-18(16)32-12-15(29)11-23-8-5-9-28-13-24-20-19(28)21(30)27(3)22(31)26(20)2/h4,6-7,10,13,15,23,25,29H,5,8-9,11-12H2,1-3H3. The largest absolute Gasteiger partial charge is 0.490 e. The monoisotopic (exact) mass is 440 g/mol. The molecular weight excluding hydrogens is 412 g/mol. The predicted octanol–water partition coefficient (Wildman–Crippen LogP) is 0.643. The van der Waals surface area contributed by atoms with Crippen LogP contribution in [0.1, 0.15) is 12.1 Å². The first-order valence-corrected chi connectivity index (χ1v) is 10.6. The summed E-state index contributed by atoms with van der Waals surface area (Å²) in [5.41, 5.74) is 2.12. The molecule has 0 fully saturated rings. The molecule has 3 N–H and O–H groups in total. The Balaban J connectivity index is 1.26. The van der Waals surface area contributed by atoms with Gasteiger partial charge in [-0.15, -0.1) is 0 Å². The Morgan fingerprint density at radius 1 is 1.25 bits per heavy atom. The lowest BCUT2D eigenvalue weighted by molar-refractivity contribution is 0.107. The number of aryl methyl sites for hydroxylation is 3. The van der Waals surface area contributed by atoms with Crippen molar-refractivity contribution in [1.29, 1.82) is 0 Å². The molecule has 32 heavy (non-hydrogen) atoms. The predicted molar refractivity (Wildman–Crippen MR) is 122 cm³/mol. The van der Waals surface area contributed by atoms with Crippen LogP contribution in [-0.2, 0) is 20.6 Å². The number of H-pyrrole nitrogens is 1. The quantitative estimate of drug-likeness (QED) is 0.329. The smallest absolute Gasteiger partial charge is 0.332 e. The Morgan fingerprint density at radius 3 is 2.88 bits per heavy atom. The molecule has 1 aromatic carbocycles. The van der Waals surface area contributed by atoms with Crippen LogP contribution in [0, 0.1) is 6.92 Å². The van der Waals surface area contributed by atoms with Gasteiger partial charge in [0.2, 0.25) is 0 Å². The van der Waals surface area contributed by atoms with Gasteiger partial charge in [-0.25, -0.2) is 9.78 Å². The molecule has 3 aromatic heterocycles. The van der Waals surface area contributed by atoms with E-state index < -0.39 is 11.8 Å². The van der Waals surface area contributed by atoms with Gasteiger partial charge in [0.05, 0.1) is 6.33 Å². The highest BCUT2D eigenvalue weighted by atomic mass is 16.5. The van der Waals surface area contributed by atoms with Gasteiger partial charge in [0.1, 0.15) is 18.5 Å². The van der Waals surface area contributed by atoms with Gasteiger partial charge in [-0.1, -0.05) is 6.07 Å². The van der Waals surface area contributed by atoms with E-state index in [0.717, 1.165) is 33.3 Å². The molecule has 10 nitrogen and oxygen atoms in total. The average Bonchev–Trinajstić information content (AvgIpc) is 3.37. The first-order chi connectivity index (χ1) is 15.4. The molecule has 0 spiro atoms. The summed E-state index contributed by atoms with van der Waals surface area (Å²) >= 11 is 0. The molecule has 0 aliphatic rings. The van der Waals surface area contributed by atoms with E-state index in [2.05, 4.69) is 15.3 Å². The molecule has 0 aliphatic heterocycles. The summed E-state index contributed by atoms with van der Waals surface area (Å²) in [6.07, 6.45) is 1.66. The Kier molecular flexibility index (Phi) is 6.15. The highest BCUT2D eigenvalue weighted by Crippen LogP contribution is 2.26. The van der Waals surface area contributed by atoms with Crippen molar-refractivity contribution < 1.29 is 9.84 Å². The van der Waals surface area contributed by atoms with Crippen molar-refractivity contribution in [3.8, 4) is 5.75 Å². The molecule has 0 radical (unpaired) electrons. The zero-order valence-electron chi connectivity index (χ0n) is 18.5. The van der Waals surface area contributed by atoms with Crippen LogP contribution in [-0.4, -0.2) is 54.6 Å². The van der Waals surface area contributed by atoms with Gasteiger partial charge < -0.3 is 24.7 Å². The third kappa shape index (κ3) is 4.19. The second kappa shape index (κ2) is 9.01. The number of benzene rings is 1. The summed E-state index contributed by atoms with van der Waals surface area (Å²) < 4.78 is 10.0. The van der Waals surface area contributed by atoms with Gasteiger partial charge in [0.25, 0.3) is 5.56 Å². The minimum absolute atomic E-state index is 0.187. The molecule has 0 aliphatic carbocycles. The van der Waals surface area contributed by atoms with E-state index in [1.807, 2.05) is 31.2 Å². The number of aromatic amines is 1. The maximum Gasteiger partial charge on any atom is 0.332 e. The minimum atomic E-state index is -0.652. The third-order valence-corrected chi connectivity index (χ3v) is 5.54. The van der Waals surface area contributed by atoms with E-state index in [9.17, 15) is 14.7 Å². The van der Waals surface area contributed by atoms with E-state index >= 15 is 0 Å². The summed E-state index contributed by atoms with van der Waals surface area (Å²) in [5.74, 6) is 0.744. The van der Waals surface area contributed by atoms with E-state index in [1.54, 1.807) is 17.9 Å². The second-order valence-corrected chi connectivity index (χ2v) is 8.01. The van der Waals surface area contributed by atoms with E-state index in [-0.39, 0.29) is 12.2 Å². The molecule has 0 saturated carbocycles. The summed E-state index contributed by atoms with van der Waals surface area (Å²) in [6, 6.07) is 7.83. The minimum Gasteiger partial charge on any atom is -0.490 e. The number of rotatable bonds is 9. The lowest BCUT2D eigenvalue weighted by atomic mass is 10.2. The van der Waals surface area contributed by atoms with Crippen molar-refractivity contribution in [2.75, 3.05) is 19.7 Å². The normalized spacial score (nSPS) is 12.6. The maximum atomic E-state index is 12.5. The molecule has 1 unspecified atom stereocenters. The van der Waals surface area contributed by atoms with Crippen molar-refractivity contribution in [3.63, 3.8) is 0 Å². The number of nitrogens with one attached hydrogen (secondary N) is 2. The number of aromatic nitrogens is 5. The first kappa shape index (κ1) is 21.8. The average molecular weight is 441 g/mol. The molecule has 0 saturated heterocycles. The first-order valence-electron chi connectivity index (χ1n) is 10.6. The summed E-state index contributed by atoms with van der Waals surface area (Å²) in [5, 5.41) is 14.5. The van der Waals surface area contributed by atoms with Crippen LogP contribution >= 0.6 is 0 Å². The third-order valence-electron chi connectivity index (χ3n) is 5.54. The number of nitrogens with zero attached hydrogens (tertiary/aromatic N) is 4. The Morgan fingerprint density at radius 2 is 2.06 bits per heavy atom. The lowest BCUT2D eigenvalue weighted by Crippen LogP contribution is -2.37. The van der Waals surface area contributed by atoms with Gasteiger partial charge >= 0.3 is 5.69 Å². The zero-order valence-corrected chi connectivity index (χ0v) is 18.5. The maximum absolute atomic E-state index is 12.5. The summed E-state index contributed by atoms with van der Waals surface area (Å²) in [4.78, 5) is 32.0. The number of fused-ring (bicyclic) bond motifs is 2. The lowest BCUT2D eigenvalue weighted by Gasteiger charge is -2.14. The SMILES string of the molecule is Cc1cc2c(OCC(O)CNCCCn3cnc4c3c(=O)n(C)c(=O)n4C)cccc2[nH]1. The van der Waals surface area contributed by atoms with Crippen molar-refractivity contribution in [2.24, 2.45) is 14.1 Å². The van der Waals surface area contributed by atoms with Crippen LogP contribution in [0.3, 0.4) is 0 Å². The van der Waals surface area contributed by atoms with E-state index in [1.165, 1.54) is 11.6 Å². The van der Waals surface area contributed by atoms with Crippen LogP contribution in [0.25, 0.3) is 22.1 Å². The van der Waals surface area contributed by atoms with Crippen LogP contribution in [0.15, 0.2) is 40.2 Å². The van der Waals surface area contributed by atoms with Crippen molar-refractivity contribution in [3.05, 3.63) is 57.1 Å². The number of aliphatic hydroxyl groups excluding tert-OH is 1. The number of aliphatic hydroxyl groups is 1. The van der Waals surface area contributed by atoms with Crippen molar-refractivity contribution in [2.45, 2.75) is 26.0 Å². The number of hydrogen-bond acceptors (Lipinski definition) is 6. The fourth-order valence-corrected chi connectivity index (χ4v) is 3.85. The number of imidazole rings is 1. The summed E-state index contributed by atoms with van der Waals surface area (Å²) in [7, 11) is 3.06. The Hall–Kier alpha value is -3.37. The molecule has 4 rings (SSSR count). The Bertz CT molecular complexity index is 1360. The van der Waals surface area contributed by atoms with E-state index in [0.29, 0.717) is 30.8 Å². The molecule has 0 amide bonds. The van der Waals surface area contributed by atoms with Crippen LogP contribution in [0.4, 0.5) is 0 Å². The van der Waals surface area contributed by atoms with Crippen LogP contribution in [0.5, 0.6) is 5.75 Å². The molecule has 3 heterocycles. The highest BCUT2D eigenvalue weighted by Gasteiger charge is 2.14. The van der Waals surface area contributed by atoms with Gasteiger partial charge in [0, 0.05) is 43.8 Å². The molecule has 170 valence electrons. The summed E-state index contributed by atoms with van der Waals surface area (Å²) in [6.45, 7) is 3.79. The molecule has 4 aromatic rings. The van der Waals surface area contributed by atoms with Crippen molar-refractivity contribution >= 4 is 22.1 Å². The van der Waals surface area contributed by atoms with E-state index in [4.69, 9.17) is 4.74 Å². The number of ether oxygens (including phenoxy) is 1. The highest BCUT2D eigenvalue weighted by molar-refractivity contribution is 5.86. The fraction of sp³-hybridized carbons (Fsp3) is 0.409. The van der Waals surface area contributed by atoms with Crippen LogP contribution in [0.2, 0.25) is 0 Å². The Labute approximate surface area is 184 Å².